The lowest BCUT2D eigenvalue weighted by atomic mass is 10.2. The van der Waals surface area contributed by atoms with Crippen LogP contribution in [-0.2, 0) is 21.1 Å². The first-order valence-electron chi connectivity index (χ1n) is 5.10. The van der Waals surface area contributed by atoms with Gasteiger partial charge in [-0.15, -0.1) is 0 Å². The number of allylic oxidation sites excluding steroid dienone is 1. The SMILES string of the molecule is C/C=C/CS(=O)(=O)c1ccc(CC(=O)O)cc1. The van der Waals surface area contributed by atoms with Crippen molar-refractivity contribution in [2.75, 3.05) is 5.75 Å². The summed E-state index contributed by atoms with van der Waals surface area (Å²) >= 11 is 0. The normalized spacial score (nSPS) is 11.8. The minimum absolute atomic E-state index is 0.0399. The number of carbonyl (C=O) groups is 1. The molecule has 5 heteroatoms. The first-order valence-corrected chi connectivity index (χ1v) is 6.75. The number of carboxylic acids is 1. The second-order valence-corrected chi connectivity index (χ2v) is 5.60. The van der Waals surface area contributed by atoms with Crippen LogP contribution in [0, 0.1) is 0 Å². The van der Waals surface area contributed by atoms with Gasteiger partial charge in [-0.1, -0.05) is 24.3 Å². The van der Waals surface area contributed by atoms with Gasteiger partial charge in [0.05, 0.1) is 17.1 Å². The third-order valence-electron chi connectivity index (χ3n) is 2.19. The maximum Gasteiger partial charge on any atom is 0.307 e. The lowest BCUT2D eigenvalue weighted by Crippen LogP contribution is -2.05. The van der Waals surface area contributed by atoms with E-state index in [-0.39, 0.29) is 17.1 Å². The quantitative estimate of drug-likeness (QED) is 0.811. The van der Waals surface area contributed by atoms with Crippen molar-refractivity contribution in [3.63, 3.8) is 0 Å². The summed E-state index contributed by atoms with van der Waals surface area (Å²) in [4.78, 5) is 10.7. The van der Waals surface area contributed by atoms with E-state index >= 15 is 0 Å². The molecule has 0 amide bonds. The number of sulfone groups is 1. The largest absolute Gasteiger partial charge is 0.481 e. The Morgan fingerprint density at radius 2 is 1.88 bits per heavy atom. The van der Waals surface area contributed by atoms with E-state index in [0.717, 1.165) is 0 Å². The average Bonchev–Trinajstić information content (AvgIpc) is 2.26. The van der Waals surface area contributed by atoms with Crippen molar-refractivity contribution in [3.05, 3.63) is 42.0 Å². The summed E-state index contributed by atoms with van der Waals surface area (Å²) in [5.74, 6) is -0.976. The summed E-state index contributed by atoms with van der Waals surface area (Å²) < 4.78 is 23.5. The van der Waals surface area contributed by atoms with Crippen LogP contribution < -0.4 is 0 Å². The van der Waals surface area contributed by atoms with E-state index in [1.807, 2.05) is 0 Å². The van der Waals surface area contributed by atoms with Gasteiger partial charge in [-0.25, -0.2) is 8.42 Å². The molecule has 0 heterocycles. The topological polar surface area (TPSA) is 71.4 Å². The molecule has 0 atom stereocenters. The average molecular weight is 254 g/mol. The number of aliphatic carboxylic acids is 1. The lowest BCUT2D eigenvalue weighted by molar-refractivity contribution is -0.136. The van der Waals surface area contributed by atoms with Crippen molar-refractivity contribution >= 4 is 15.8 Å². The highest BCUT2D eigenvalue weighted by Gasteiger charge is 2.12. The molecule has 4 nitrogen and oxygen atoms in total. The summed E-state index contributed by atoms with van der Waals surface area (Å²) in [5, 5.41) is 8.58. The Labute approximate surface area is 101 Å². The van der Waals surface area contributed by atoms with E-state index in [1.165, 1.54) is 24.3 Å². The Balaban J connectivity index is 2.90. The van der Waals surface area contributed by atoms with Crippen LogP contribution in [0.2, 0.25) is 0 Å². The second kappa shape index (κ2) is 5.63. The molecule has 0 aliphatic rings. The number of benzene rings is 1. The zero-order valence-electron chi connectivity index (χ0n) is 9.46. The molecule has 17 heavy (non-hydrogen) atoms. The molecule has 0 aliphatic carbocycles. The van der Waals surface area contributed by atoms with Crippen molar-refractivity contribution in [2.24, 2.45) is 0 Å². The van der Waals surface area contributed by atoms with Crippen molar-refractivity contribution in [1.29, 1.82) is 0 Å². The molecule has 0 radical (unpaired) electrons. The van der Waals surface area contributed by atoms with Gasteiger partial charge in [-0.2, -0.15) is 0 Å². The second-order valence-electron chi connectivity index (χ2n) is 3.56. The first-order chi connectivity index (χ1) is 7.95. The van der Waals surface area contributed by atoms with E-state index in [9.17, 15) is 13.2 Å². The molecule has 0 unspecified atom stereocenters. The maximum atomic E-state index is 11.8. The van der Waals surface area contributed by atoms with Gasteiger partial charge in [0.15, 0.2) is 9.84 Å². The Morgan fingerprint density at radius 1 is 1.29 bits per heavy atom. The van der Waals surface area contributed by atoms with E-state index in [0.29, 0.717) is 5.56 Å². The fourth-order valence-electron chi connectivity index (χ4n) is 1.31. The van der Waals surface area contributed by atoms with Crippen LogP contribution in [-0.4, -0.2) is 25.2 Å². The van der Waals surface area contributed by atoms with E-state index in [4.69, 9.17) is 5.11 Å². The first kappa shape index (κ1) is 13.4. The summed E-state index contributed by atoms with van der Waals surface area (Å²) in [7, 11) is -3.30. The molecule has 0 spiro atoms. The smallest absolute Gasteiger partial charge is 0.307 e. The van der Waals surface area contributed by atoms with Crippen molar-refractivity contribution in [2.45, 2.75) is 18.2 Å². The van der Waals surface area contributed by atoms with Gasteiger partial charge < -0.3 is 5.11 Å². The van der Waals surface area contributed by atoms with Crippen LogP contribution in [0.25, 0.3) is 0 Å². The molecule has 0 aromatic heterocycles. The molecule has 0 bridgehead atoms. The molecule has 1 aromatic carbocycles. The third kappa shape index (κ3) is 4.03. The predicted octanol–water partition coefficient (Wildman–Crippen LogP) is 1.66. The van der Waals surface area contributed by atoms with E-state index in [2.05, 4.69) is 0 Å². The van der Waals surface area contributed by atoms with E-state index in [1.54, 1.807) is 19.1 Å². The van der Waals surface area contributed by atoms with Gasteiger partial charge in [0, 0.05) is 0 Å². The monoisotopic (exact) mass is 254 g/mol. The molecular formula is C12H14O4S. The Kier molecular flexibility index (Phi) is 4.45. The Hall–Kier alpha value is -1.62. The van der Waals surface area contributed by atoms with Gasteiger partial charge in [-0.05, 0) is 24.6 Å². The molecule has 92 valence electrons. The van der Waals surface area contributed by atoms with Gasteiger partial charge >= 0.3 is 5.97 Å². The number of hydrogen-bond donors (Lipinski definition) is 1. The minimum Gasteiger partial charge on any atom is -0.481 e. The molecule has 1 rings (SSSR count). The van der Waals surface area contributed by atoms with Crippen LogP contribution >= 0.6 is 0 Å². The summed E-state index contributed by atoms with van der Waals surface area (Å²) in [6.45, 7) is 1.76. The van der Waals surface area contributed by atoms with Crippen LogP contribution in [0.5, 0.6) is 0 Å². The molecule has 0 fully saturated rings. The number of rotatable bonds is 5. The molecule has 1 aromatic rings. The number of hydrogen-bond acceptors (Lipinski definition) is 3. The Bertz CT molecular complexity index is 512. The molecule has 0 aliphatic heterocycles. The van der Waals surface area contributed by atoms with Crippen molar-refractivity contribution < 1.29 is 18.3 Å². The zero-order chi connectivity index (χ0) is 12.9. The molecule has 0 saturated heterocycles. The Morgan fingerprint density at radius 3 is 2.35 bits per heavy atom. The predicted molar refractivity (Wildman–Crippen MR) is 64.6 cm³/mol. The minimum atomic E-state index is -3.30. The highest BCUT2D eigenvalue weighted by Crippen LogP contribution is 2.13. The number of carboxylic acid groups (broad SMARTS) is 1. The van der Waals surface area contributed by atoms with E-state index < -0.39 is 15.8 Å². The fraction of sp³-hybridized carbons (Fsp3) is 0.250. The highest BCUT2D eigenvalue weighted by atomic mass is 32.2. The van der Waals surface area contributed by atoms with Gasteiger partial charge in [-0.3, -0.25) is 4.79 Å². The summed E-state index contributed by atoms with van der Waals surface area (Å²) in [5.41, 5.74) is 0.586. The van der Waals surface area contributed by atoms with Gasteiger partial charge in [0.2, 0.25) is 0 Å². The highest BCUT2D eigenvalue weighted by molar-refractivity contribution is 7.91. The standard InChI is InChI=1S/C12H14O4S/c1-2-3-8-17(15,16)11-6-4-10(5-7-11)9-12(13)14/h2-7H,8-9H2,1H3,(H,13,14)/b3-2+. The summed E-state index contributed by atoms with van der Waals surface area (Å²) in [6.07, 6.45) is 3.14. The third-order valence-corrected chi connectivity index (χ3v) is 3.81. The zero-order valence-corrected chi connectivity index (χ0v) is 10.3. The fourth-order valence-corrected chi connectivity index (χ4v) is 2.50. The van der Waals surface area contributed by atoms with Crippen LogP contribution in [0.3, 0.4) is 0 Å². The molecular weight excluding hydrogens is 240 g/mol. The van der Waals surface area contributed by atoms with Crippen LogP contribution in [0.4, 0.5) is 0 Å². The van der Waals surface area contributed by atoms with Crippen molar-refractivity contribution in [3.8, 4) is 0 Å². The van der Waals surface area contributed by atoms with Gasteiger partial charge in [0.1, 0.15) is 0 Å². The van der Waals surface area contributed by atoms with Gasteiger partial charge in [0.25, 0.3) is 0 Å². The summed E-state index contributed by atoms with van der Waals surface area (Å²) in [6, 6.07) is 5.93. The maximum absolute atomic E-state index is 11.8. The van der Waals surface area contributed by atoms with Crippen molar-refractivity contribution in [1.82, 2.24) is 0 Å². The van der Waals surface area contributed by atoms with Crippen LogP contribution in [0.1, 0.15) is 12.5 Å². The van der Waals surface area contributed by atoms with Crippen LogP contribution in [0.15, 0.2) is 41.3 Å². The molecule has 1 N–H and O–H groups in total. The lowest BCUT2D eigenvalue weighted by Gasteiger charge is -2.02. The molecule has 0 saturated carbocycles.